The summed E-state index contributed by atoms with van der Waals surface area (Å²) >= 11 is 0. The van der Waals surface area contributed by atoms with Crippen molar-refractivity contribution in [3.63, 3.8) is 0 Å². The smallest absolute Gasteiger partial charge is 0.306 e. The van der Waals surface area contributed by atoms with Crippen LogP contribution in [-0.2, 0) is 27.3 Å². The van der Waals surface area contributed by atoms with Crippen molar-refractivity contribution in [3.8, 4) is 0 Å². The number of rotatable bonds is 11. The Kier molecular flexibility index (Phi) is 8.46. The molecule has 3 rings (SSSR count). The van der Waals surface area contributed by atoms with Crippen LogP contribution in [0.2, 0.25) is 0 Å². The summed E-state index contributed by atoms with van der Waals surface area (Å²) in [5.74, 6) is -1.98. The third-order valence-electron chi connectivity index (χ3n) is 6.00. The number of nitrogens with zero attached hydrogens (tertiary/aromatic N) is 2. The maximum Gasteiger partial charge on any atom is 0.306 e. The molecule has 0 saturated heterocycles. The van der Waals surface area contributed by atoms with Crippen molar-refractivity contribution in [2.24, 2.45) is 0 Å². The number of amides is 1. The topological polar surface area (TPSA) is 122 Å². The minimum absolute atomic E-state index is 0.0339. The molecule has 0 spiro atoms. The molecule has 9 nitrogen and oxygen atoms in total. The van der Waals surface area contributed by atoms with Crippen LogP contribution in [0, 0.1) is 20.8 Å². The van der Waals surface area contributed by atoms with Crippen LogP contribution < -0.4 is 10.6 Å². The van der Waals surface area contributed by atoms with Crippen molar-refractivity contribution in [2.75, 3.05) is 18.5 Å². The number of nitrogens with one attached hydrogen (secondary N) is 2. The zero-order valence-electron chi connectivity index (χ0n) is 20.6. The van der Waals surface area contributed by atoms with Crippen LogP contribution in [0.25, 0.3) is 5.65 Å². The van der Waals surface area contributed by atoms with Crippen LogP contribution in [0.4, 0.5) is 5.69 Å². The van der Waals surface area contributed by atoms with Gasteiger partial charge in [0, 0.05) is 18.4 Å². The summed E-state index contributed by atoms with van der Waals surface area (Å²) < 4.78 is 6.87. The van der Waals surface area contributed by atoms with Crippen molar-refractivity contribution >= 4 is 29.2 Å². The Morgan fingerprint density at radius 2 is 1.91 bits per heavy atom. The maximum atomic E-state index is 12.9. The monoisotopic (exact) mass is 480 g/mol. The van der Waals surface area contributed by atoms with E-state index >= 15 is 0 Å². The van der Waals surface area contributed by atoms with Crippen molar-refractivity contribution in [3.05, 3.63) is 64.1 Å². The van der Waals surface area contributed by atoms with Gasteiger partial charge >= 0.3 is 11.9 Å². The molecule has 0 radical (unpaired) electrons. The quantitative estimate of drug-likeness (QED) is 0.283. The summed E-state index contributed by atoms with van der Waals surface area (Å²) in [7, 11) is 0. The molecular formula is C26H32N4O5. The van der Waals surface area contributed by atoms with Gasteiger partial charge in [0.05, 0.1) is 36.3 Å². The lowest BCUT2D eigenvalue weighted by atomic mass is 10.00. The van der Waals surface area contributed by atoms with E-state index in [2.05, 4.69) is 47.7 Å². The predicted octanol–water partition coefficient (Wildman–Crippen LogP) is 3.57. The molecule has 35 heavy (non-hydrogen) atoms. The van der Waals surface area contributed by atoms with Gasteiger partial charge in [-0.3, -0.25) is 14.4 Å². The van der Waals surface area contributed by atoms with Gasteiger partial charge in [0.1, 0.15) is 6.61 Å². The Balaban J connectivity index is 1.74. The minimum Gasteiger partial charge on any atom is -0.481 e. The number of aryl methyl sites for hydroxylation is 4. The predicted molar refractivity (Wildman–Crippen MR) is 133 cm³/mol. The van der Waals surface area contributed by atoms with E-state index < -0.39 is 11.9 Å². The van der Waals surface area contributed by atoms with E-state index in [1.807, 2.05) is 18.2 Å². The number of pyridine rings is 1. The van der Waals surface area contributed by atoms with Crippen molar-refractivity contribution < 1.29 is 24.2 Å². The molecule has 2 heterocycles. The van der Waals surface area contributed by atoms with Crippen LogP contribution in [0.5, 0.6) is 0 Å². The van der Waals surface area contributed by atoms with Crippen LogP contribution in [0.15, 0.2) is 30.5 Å². The summed E-state index contributed by atoms with van der Waals surface area (Å²) in [6.45, 7) is 8.79. The molecule has 1 amide bonds. The zero-order chi connectivity index (χ0) is 25.5. The van der Waals surface area contributed by atoms with E-state index in [4.69, 9.17) is 9.84 Å². The Hall–Kier alpha value is -3.88. The van der Waals surface area contributed by atoms with Crippen LogP contribution in [0.3, 0.4) is 0 Å². The molecular weight excluding hydrogens is 448 g/mol. The van der Waals surface area contributed by atoms with Gasteiger partial charge in [0.2, 0.25) is 0 Å². The molecule has 3 N–H and O–H groups in total. The third-order valence-corrected chi connectivity index (χ3v) is 6.00. The molecule has 0 fully saturated rings. The van der Waals surface area contributed by atoms with E-state index in [1.165, 1.54) is 16.7 Å². The number of carbonyl (C=O) groups excluding carboxylic acids is 2. The second kappa shape index (κ2) is 11.5. The first-order chi connectivity index (χ1) is 16.7. The molecule has 0 saturated carbocycles. The van der Waals surface area contributed by atoms with Crippen LogP contribution in [-0.4, -0.2) is 45.5 Å². The summed E-state index contributed by atoms with van der Waals surface area (Å²) in [4.78, 5) is 39.6. The van der Waals surface area contributed by atoms with Gasteiger partial charge in [-0.15, -0.1) is 0 Å². The Morgan fingerprint density at radius 1 is 1.14 bits per heavy atom. The fraction of sp³-hybridized carbons (Fsp3) is 0.385. The van der Waals surface area contributed by atoms with Gasteiger partial charge in [-0.2, -0.15) is 0 Å². The normalized spacial score (nSPS) is 10.9. The average molecular weight is 481 g/mol. The SMILES string of the molecule is CCc1cccc(C)c1CNc1cc(C(=O)NCCOC(=O)CCC(=O)O)cn2c(C)c(C)nc12. The highest BCUT2D eigenvalue weighted by atomic mass is 16.5. The van der Waals surface area contributed by atoms with Gasteiger partial charge in [0.15, 0.2) is 5.65 Å². The van der Waals surface area contributed by atoms with Crippen LogP contribution >= 0.6 is 0 Å². The molecule has 9 heteroatoms. The molecule has 0 atom stereocenters. The van der Waals surface area contributed by atoms with Gasteiger partial charge < -0.3 is 24.9 Å². The number of imidazole rings is 1. The average Bonchev–Trinajstić information content (AvgIpc) is 3.12. The standard InChI is InChI=1S/C26H32N4O5/c1-5-19-8-6-7-16(2)21(19)14-28-22-13-20(15-30-18(4)17(3)29-25(22)30)26(34)27-11-12-35-24(33)10-9-23(31)32/h6-8,13,15,28H,5,9-12,14H2,1-4H3,(H,27,34)(H,31,32). The highest BCUT2D eigenvalue weighted by Crippen LogP contribution is 2.24. The molecule has 0 unspecified atom stereocenters. The number of hydrogen-bond donors (Lipinski definition) is 3. The number of esters is 1. The van der Waals surface area contributed by atoms with E-state index in [0.717, 1.165) is 29.1 Å². The lowest BCUT2D eigenvalue weighted by Gasteiger charge is -2.15. The summed E-state index contributed by atoms with van der Waals surface area (Å²) in [5.41, 5.74) is 7.46. The molecule has 1 aromatic carbocycles. The van der Waals surface area contributed by atoms with Crippen molar-refractivity contribution in [2.45, 2.75) is 53.5 Å². The first-order valence-corrected chi connectivity index (χ1v) is 11.7. The fourth-order valence-electron chi connectivity index (χ4n) is 3.87. The first-order valence-electron chi connectivity index (χ1n) is 11.7. The molecule has 0 aliphatic carbocycles. The van der Waals surface area contributed by atoms with E-state index in [0.29, 0.717) is 12.1 Å². The number of carboxylic acids is 1. The second-order valence-corrected chi connectivity index (χ2v) is 8.41. The van der Waals surface area contributed by atoms with Crippen molar-refractivity contribution in [1.29, 1.82) is 0 Å². The second-order valence-electron chi connectivity index (χ2n) is 8.41. The molecule has 2 aromatic heterocycles. The van der Waals surface area contributed by atoms with Gasteiger partial charge in [-0.05, 0) is 49.9 Å². The lowest BCUT2D eigenvalue weighted by molar-refractivity contribution is -0.147. The van der Waals surface area contributed by atoms with E-state index in [-0.39, 0.29) is 31.9 Å². The summed E-state index contributed by atoms with van der Waals surface area (Å²) in [5, 5.41) is 14.8. The Labute approximate surface area is 204 Å². The number of aliphatic carboxylic acids is 1. The largest absolute Gasteiger partial charge is 0.481 e. The van der Waals surface area contributed by atoms with Gasteiger partial charge in [-0.1, -0.05) is 25.1 Å². The van der Waals surface area contributed by atoms with Crippen molar-refractivity contribution in [1.82, 2.24) is 14.7 Å². The van der Waals surface area contributed by atoms with Crippen LogP contribution in [0.1, 0.15) is 58.2 Å². The van der Waals surface area contributed by atoms with E-state index in [9.17, 15) is 14.4 Å². The molecule has 0 aliphatic rings. The highest BCUT2D eigenvalue weighted by molar-refractivity contribution is 5.96. The number of ether oxygens (including phenoxy) is 1. The Bertz CT molecular complexity index is 1250. The van der Waals surface area contributed by atoms with Gasteiger partial charge in [-0.25, -0.2) is 4.98 Å². The van der Waals surface area contributed by atoms with Gasteiger partial charge in [0.25, 0.3) is 5.91 Å². The number of hydrogen-bond acceptors (Lipinski definition) is 6. The van der Waals surface area contributed by atoms with E-state index in [1.54, 1.807) is 12.3 Å². The highest BCUT2D eigenvalue weighted by Gasteiger charge is 2.16. The number of anilines is 1. The maximum absolute atomic E-state index is 12.9. The minimum atomic E-state index is -1.06. The lowest BCUT2D eigenvalue weighted by Crippen LogP contribution is -2.28. The number of carbonyl (C=O) groups is 3. The molecule has 0 bridgehead atoms. The fourth-order valence-corrected chi connectivity index (χ4v) is 3.87. The zero-order valence-corrected chi connectivity index (χ0v) is 20.6. The number of fused-ring (bicyclic) bond motifs is 1. The molecule has 186 valence electrons. The number of carboxylic acid groups (broad SMARTS) is 1. The third kappa shape index (κ3) is 6.38. The molecule has 0 aliphatic heterocycles. The Morgan fingerprint density at radius 3 is 2.63 bits per heavy atom. The number of aromatic nitrogens is 2. The number of benzene rings is 1. The first kappa shape index (κ1) is 25.7. The summed E-state index contributed by atoms with van der Waals surface area (Å²) in [6, 6.07) is 8.06. The summed E-state index contributed by atoms with van der Waals surface area (Å²) in [6.07, 6.45) is 2.19. The molecule has 3 aromatic rings.